The number of nitrogens with one attached hydrogen (secondary N) is 2. The summed E-state index contributed by atoms with van der Waals surface area (Å²) >= 11 is 12.8. The molecule has 0 aliphatic carbocycles. The number of nitriles is 2. The zero-order chi connectivity index (χ0) is 38.5. The number of halogens is 3. The van der Waals surface area contributed by atoms with Gasteiger partial charge in [-0.15, -0.1) is 12.4 Å². The van der Waals surface area contributed by atoms with Crippen LogP contribution in [0.5, 0.6) is 0 Å². The molecule has 2 saturated heterocycles. The van der Waals surface area contributed by atoms with Crippen LogP contribution in [0.3, 0.4) is 0 Å². The largest absolute Gasteiger partial charge is 0.346 e. The predicted octanol–water partition coefficient (Wildman–Crippen LogP) is 5.13. The summed E-state index contributed by atoms with van der Waals surface area (Å²) < 4.78 is 54.5. The number of nitrogens with zero attached hydrogens (tertiary/aromatic N) is 10. The minimum absolute atomic E-state index is 0. The summed E-state index contributed by atoms with van der Waals surface area (Å²) in [7, 11) is -6.57. The first kappa shape index (κ1) is 40.1. The molecule has 0 amide bonds. The van der Waals surface area contributed by atoms with Crippen molar-refractivity contribution in [1.82, 2.24) is 48.1 Å². The summed E-state index contributed by atoms with van der Waals surface area (Å²) in [5.41, 5.74) is 3.31. The molecule has 55 heavy (non-hydrogen) atoms. The molecule has 2 N–H and O–H groups in total. The summed E-state index contributed by atoms with van der Waals surface area (Å²) in [6, 6.07) is 8.11. The fourth-order valence-corrected chi connectivity index (χ4v) is 9.92. The summed E-state index contributed by atoms with van der Waals surface area (Å²) in [6.45, 7) is 4.17. The highest BCUT2D eigenvalue weighted by Gasteiger charge is 2.51. The number of pyridine rings is 2. The number of aromatic amines is 2. The lowest BCUT2D eigenvalue weighted by atomic mass is 9.89. The summed E-state index contributed by atoms with van der Waals surface area (Å²) in [5.74, 6) is 0.0795. The molecule has 0 spiro atoms. The Kier molecular flexibility index (Phi) is 11.1. The number of rotatable bonds is 10. The van der Waals surface area contributed by atoms with Crippen LogP contribution in [0.1, 0.15) is 26.7 Å². The van der Waals surface area contributed by atoms with Gasteiger partial charge >= 0.3 is 0 Å². The van der Waals surface area contributed by atoms with Gasteiger partial charge in [0.2, 0.25) is 20.0 Å². The second-order valence-electron chi connectivity index (χ2n) is 13.2. The van der Waals surface area contributed by atoms with Gasteiger partial charge in [0.1, 0.15) is 22.4 Å². The van der Waals surface area contributed by atoms with Crippen LogP contribution in [0.25, 0.3) is 44.3 Å². The van der Waals surface area contributed by atoms with Gasteiger partial charge in [-0.1, -0.05) is 23.2 Å². The van der Waals surface area contributed by atoms with Crippen molar-refractivity contribution in [2.24, 2.45) is 0 Å². The average Bonchev–Trinajstić information content (AvgIpc) is 3.95. The Morgan fingerprint density at radius 1 is 0.709 bits per heavy atom. The smallest absolute Gasteiger partial charge is 0.213 e. The highest BCUT2D eigenvalue weighted by atomic mass is 35.5. The first-order valence-electron chi connectivity index (χ1n) is 16.8. The monoisotopic (exact) mass is 844 g/mol. The molecular weight excluding hydrogens is 811 g/mol. The molecule has 0 aromatic carbocycles. The molecule has 16 nitrogen and oxygen atoms in total. The van der Waals surface area contributed by atoms with E-state index in [0.29, 0.717) is 10.0 Å². The van der Waals surface area contributed by atoms with Crippen LogP contribution in [-0.2, 0) is 31.1 Å². The van der Waals surface area contributed by atoms with Gasteiger partial charge in [0.25, 0.3) is 0 Å². The number of fused-ring (bicyclic) bond motifs is 2. The van der Waals surface area contributed by atoms with Crippen LogP contribution in [0.2, 0.25) is 10.0 Å². The van der Waals surface area contributed by atoms with Crippen molar-refractivity contribution >= 4 is 77.7 Å². The van der Waals surface area contributed by atoms with Crippen LogP contribution in [0, 0.1) is 22.7 Å². The van der Waals surface area contributed by atoms with Crippen LogP contribution < -0.4 is 0 Å². The first-order chi connectivity index (χ1) is 25.8. The van der Waals surface area contributed by atoms with Crippen LogP contribution >= 0.6 is 35.6 Å². The van der Waals surface area contributed by atoms with Crippen LogP contribution in [0.15, 0.2) is 61.7 Å². The topological polar surface area (TPSA) is 215 Å². The SMILES string of the molecule is CCS(=O)(=O)N1CC(CC#N)(n2cc(-c3c(Cl)cnc4[nH]ccc34)cn2)C1.CCS(=O)(=O)N1CC(CC#N)(n2cc(-c3c(Cl)cnc4[nH]ccc34)cn2)C1.Cl. The minimum atomic E-state index is -3.28. The van der Waals surface area contributed by atoms with Crippen molar-refractivity contribution in [3.05, 3.63) is 71.8 Å². The van der Waals surface area contributed by atoms with E-state index in [1.165, 1.54) is 8.61 Å². The van der Waals surface area contributed by atoms with E-state index in [1.807, 2.05) is 24.5 Å². The zero-order valence-corrected chi connectivity index (χ0v) is 33.5. The van der Waals surface area contributed by atoms with Crippen molar-refractivity contribution in [2.75, 3.05) is 37.7 Å². The molecule has 2 fully saturated rings. The number of aromatic nitrogens is 8. The molecule has 288 valence electrons. The molecule has 21 heteroatoms. The van der Waals surface area contributed by atoms with Gasteiger partial charge in [0.15, 0.2) is 0 Å². The molecule has 0 unspecified atom stereocenters. The number of H-pyrrole nitrogens is 2. The van der Waals surface area contributed by atoms with Gasteiger partial charge in [-0.05, 0) is 26.0 Å². The lowest BCUT2D eigenvalue weighted by Crippen LogP contribution is -2.64. The molecule has 2 aliphatic rings. The molecule has 0 bridgehead atoms. The fraction of sp³-hybridized carbons (Fsp3) is 0.353. The van der Waals surface area contributed by atoms with Gasteiger partial charge in [-0.3, -0.25) is 9.36 Å². The van der Waals surface area contributed by atoms with Crippen LogP contribution in [0.4, 0.5) is 0 Å². The number of sulfonamides is 2. The van der Waals surface area contributed by atoms with Crippen molar-refractivity contribution in [1.29, 1.82) is 10.5 Å². The molecular formula is C34H35Cl3N12O4S2. The van der Waals surface area contributed by atoms with Crippen molar-refractivity contribution in [3.8, 4) is 34.4 Å². The fourth-order valence-electron chi connectivity index (χ4n) is 6.93. The second-order valence-corrected chi connectivity index (χ2v) is 18.6. The van der Waals surface area contributed by atoms with Gasteiger partial charge in [-0.25, -0.2) is 26.8 Å². The Hall–Kier alpha value is -4.53. The lowest BCUT2D eigenvalue weighted by Gasteiger charge is -2.47. The molecule has 6 aromatic heterocycles. The molecule has 0 atom stereocenters. The molecule has 0 saturated carbocycles. The summed E-state index contributed by atoms with van der Waals surface area (Å²) in [4.78, 5) is 14.6. The third-order valence-electron chi connectivity index (χ3n) is 10.0. The third kappa shape index (κ3) is 7.08. The number of hydrogen-bond acceptors (Lipinski definition) is 10. The average molecular weight is 846 g/mol. The van der Waals surface area contributed by atoms with E-state index in [9.17, 15) is 27.4 Å². The number of hydrogen-bond donors (Lipinski definition) is 2. The highest BCUT2D eigenvalue weighted by molar-refractivity contribution is 7.89. The van der Waals surface area contributed by atoms with Gasteiger partial charge in [0.05, 0.1) is 58.9 Å². The third-order valence-corrected chi connectivity index (χ3v) is 14.1. The Morgan fingerprint density at radius 3 is 1.44 bits per heavy atom. The lowest BCUT2D eigenvalue weighted by molar-refractivity contribution is 0.0719. The van der Waals surface area contributed by atoms with E-state index in [0.717, 1.165) is 44.3 Å². The molecule has 2 aliphatic heterocycles. The molecule has 8 rings (SSSR count). The van der Waals surface area contributed by atoms with Crippen LogP contribution in [-0.4, -0.2) is 103 Å². The van der Waals surface area contributed by atoms with E-state index in [2.05, 4.69) is 42.3 Å². The summed E-state index contributed by atoms with van der Waals surface area (Å²) in [6.07, 6.45) is 14.1. The van der Waals surface area contributed by atoms with E-state index >= 15 is 0 Å². The first-order valence-corrected chi connectivity index (χ1v) is 20.8. The van der Waals surface area contributed by atoms with E-state index in [4.69, 9.17) is 23.2 Å². The van der Waals surface area contributed by atoms with E-state index in [1.54, 1.807) is 60.4 Å². The summed E-state index contributed by atoms with van der Waals surface area (Å²) in [5, 5.41) is 30.1. The standard InChI is InChI=1S/2C17H17ClN6O2S.ClH/c2*1-2-27(25,26)23-10-17(11-23,4-5-19)24-9-12(7-22-24)15-13-3-6-20-16(13)21-8-14(15)18;/h2*3,6-9H,2,4,10-11H2,1H3,(H,20,21);1H. The van der Waals surface area contributed by atoms with Gasteiger partial charge < -0.3 is 9.97 Å². The van der Waals surface area contributed by atoms with Crippen molar-refractivity contribution < 1.29 is 16.8 Å². The normalized spacial score (nSPS) is 16.6. The Labute approximate surface area is 333 Å². The quantitative estimate of drug-likeness (QED) is 0.185. The Bertz CT molecular complexity index is 2500. The van der Waals surface area contributed by atoms with E-state index in [-0.39, 0.29) is 62.9 Å². The van der Waals surface area contributed by atoms with Crippen molar-refractivity contribution in [3.63, 3.8) is 0 Å². The maximum atomic E-state index is 12.1. The Morgan fingerprint density at radius 2 is 1.09 bits per heavy atom. The van der Waals surface area contributed by atoms with Gasteiger partial charge in [-0.2, -0.15) is 29.3 Å². The highest BCUT2D eigenvalue weighted by Crippen LogP contribution is 2.40. The van der Waals surface area contributed by atoms with Crippen molar-refractivity contribution in [2.45, 2.75) is 37.8 Å². The predicted molar refractivity (Wildman–Crippen MR) is 210 cm³/mol. The maximum absolute atomic E-state index is 12.1. The molecule has 8 heterocycles. The van der Waals surface area contributed by atoms with E-state index < -0.39 is 31.1 Å². The second kappa shape index (κ2) is 15.2. The van der Waals surface area contributed by atoms with Gasteiger partial charge in [0, 0.05) is 96.4 Å². The maximum Gasteiger partial charge on any atom is 0.213 e. The Balaban J connectivity index is 0.000000184. The zero-order valence-electron chi connectivity index (χ0n) is 29.5. The minimum Gasteiger partial charge on any atom is -0.346 e. The molecule has 0 radical (unpaired) electrons. The molecule has 6 aromatic rings.